The van der Waals surface area contributed by atoms with Gasteiger partial charge in [0, 0.05) is 16.2 Å². The van der Waals surface area contributed by atoms with Crippen molar-refractivity contribution in [3.63, 3.8) is 0 Å². The van der Waals surface area contributed by atoms with E-state index in [9.17, 15) is 8.42 Å². The highest BCUT2D eigenvalue weighted by Gasteiger charge is 2.22. The SMILES string of the molecule is CC(C)(CS(=O)(=O)Cl)NP. The first-order chi connectivity index (χ1) is 4.27. The van der Waals surface area contributed by atoms with Gasteiger partial charge in [0.15, 0.2) is 0 Å². The summed E-state index contributed by atoms with van der Waals surface area (Å²) in [5.41, 5.74) is -0.481. The summed E-state index contributed by atoms with van der Waals surface area (Å²) >= 11 is 0. The molecule has 3 nitrogen and oxygen atoms in total. The molecule has 0 rings (SSSR count). The zero-order chi connectivity index (χ0) is 8.41. The Morgan fingerprint density at radius 2 is 2.00 bits per heavy atom. The highest BCUT2D eigenvalue weighted by atomic mass is 35.7. The molecule has 0 saturated carbocycles. The van der Waals surface area contributed by atoms with Crippen LogP contribution in [0.25, 0.3) is 0 Å². The van der Waals surface area contributed by atoms with Gasteiger partial charge in [0.05, 0.1) is 5.75 Å². The molecule has 62 valence electrons. The summed E-state index contributed by atoms with van der Waals surface area (Å²) in [6, 6.07) is 0. The number of nitrogens with one attached hydrogen (secondary N) is 1. The third-order valence-electron chi connectivity index (χ3n) is 0.924. The van der Waals surface area contributed by atoms with Crippen LogP contribution in [0.15, 0.2) is 0 Å². The van der Waals surface area contributed by atoms with Crippen LogP contribution >= 0.6 is 20.1 Å². The topological polar surface area (TPSA) is 46.2 Å². The van der Waals surface area contributed by atoms with Crippen molar-refractivity contribution < 1.29 is 8.42 Å². The van der Waals surface area contributed by atoms with Gasteiger partial charge in [0.1, 0.15) is 0 Å². The molecule has 10 heavy (non-hydrogen) atoms. The summed E-state index contributed by atoms with van der Waals surface area (Å²) in [5.74, 6) is -0.0783. The lowest BCUT2D eigenvalue weighted by molar-refractivity contribution is 0.522. The molecule has 0 aliphatic rings. The van der Waals surface area contributed by atoms with Gasteiger partial charge in [-0.2, -0.15) is 0 Å². The Morgan fingerprint density at radius 3 is 2.10 bits per heavy atom. The van der Waals surface area contributed by atoms with Crippen molar-refractivity contribution in [3.05, 3.63) is 0 Å². The van der Waals surface area contributed by atoms with Crippen molar-refractivity contribution in [1.82, 2.24) is 5.09 Å². The van der Waals surface area contributed by atoms with E-state index in [0.29, 0.717) is 0 Å². The molecule has 1 N–H and O–H groups in total. The van der Waals surface area contributed by atoms with Crippen LogP contribution in [0.5, 0.6) is 0 Å². The van der Waals surface area contributed by atoms with E-state index in [1.807, 2.05) is 0 Å². The Labute approximate surface area is 68.2 Å². The minimum atomic E-state index is -3.40. The van der Waals surface area contributed by atoms with Crippen LogP contribution in [-0.2, 0) is 9.05 Å². The minimum Gasteiger partial charge on any atom is -0.294 e. The molecular weight excluding hydrogens is 193 g/mol. The number of rotatable bonds is 3. The molecule has 6 heteroatoms. The van der Waals surface area contributed by atoms with Crippen molar-refractivity contribution in [2.45, 2.75) is 19.4 Å². The summed E-state index contributed by atoms with van der Waals surface area (Å²) in [6.45, 7) is 3.50. The van der Waals surface area contributed by atoms with Crippen molar-refractivity contribution in [2.75, 3.05) is 5.75 Å². The van der Waals surface area contributed by atoms with Crippen LogP contribution in [0.4, 0.5) is 0 Å². The van der Waals surface area contributed by atoms with E-state index < -0.39 is 14.6 Å². The molecule has 0 fully saturated rings. The normalized spacial score (nSPS) is 13.6. The molecule has 0 saturated heterocycles. The summed E-state index contributed by atoms with van der Waals surface area (Å²) < 4.78 is 21.0. The molecule has 0 bridgehead atoms. The van der Waals surface area contributed by atoms with Crippen LogP contribution in [0, 0.1) is 0 Å². The van der Waals surface area contributed by atoms with Gasteiger partial charge in [0.2, 0.25) is 9.05 Å². The number of hydrogen-bond donors (Lipinski definition) is 1. The van der Waals surface area contributed by atoms with Gasteiger partial charge >= 0.3 is 0 Å². The first kappa shape index (κ1) is 10.6. The smallest absolute Gasteiger partial charge is 0.234 e. The lowest BCUT2D eigenvalue weighted by Crippen LogP contribution is -2.38. The Kier molecular flexibility index (Phi) is 3.56. The second kappa shape index (κ2) is 3.35. The lowest BCUT2D eigenvalue weighted by Gasteiger charge is -2.20. The summed E-state index contributed by atoms with van der Waals surface area (Å²) in [6.07, 6.45) is 0. The van der Waals surface area contributed by atoms with Gasteiger partial charge in [-0.25, -0.2) is 8.42 Å². The molecule has 0 spiro atoms. The predicted molar refractivity (Wildman–Crippen MR) is 46.6 cm³/mol. The van der Waals surface area contributed by atoms with Crippen LogP contribution in [-0.4, -0.2) is 19.7 Å². The van der Waals surface area contributed by atoms with E-state index in [2.05, 4.69) is 14.5 Å². The average Bonchev–Trinajstić information content (AvgIpc) is 1.60. The molecule has 0 aromatic heterocycles. The molecule has 0 aliphatic heterocycles. The predicted octanol–water partition coefficient (Wildman–Crippen LogP) is 0.713. The quantitative estimate of drug-likeness (QED) is 0.543. The Morgan fingerprint density at radius 1 is 1.60 bits per heavy atom. The van der Waals surface area contributed by atoms with Gasteiger partial charge in [-0.1, -0.05) is 9.39 Å². The molecule has 0 aromatic carbocycles. The Balaban J connectivity index is 4.16. The molecule has 1 unspecified atom stereocenters. The van der Waals surface area contributed by atoms with Gasteiger partial charge in [-0.3, -0.25) is 5.09 Å². The maximum absolute atomic E-state index is 10.5. The molecule has 0 radical (unpaired) electrons. The van der Waals surface area contributed by atoms with Crippen molar-refractivity contribution in [2.24, 2.45) is 0 Å². The monoisotopic (exact) mass is 203 g/mol. The van der Waals surface area contributed by atoms with Gasteiger partial charge in [-0.05, 0) is 13.8 Å². The zero-order valence-electron chi connectivity index (χ0n) is 5.89. The van der Waals surface area contributed by atoms with E-state index in [1.165, 1.54) is 0 Å². The molecule has 0 amide bonds. The molecule has 0 aliphatic carbocycles. The fraction of sp³-hybridized carbons (Fsp3) is 1.00. The maximum Gasteiger partial charge on any atom is 0.234 e. The van der Waals surface area contributed by atoms with Gasteiger partial charge in [-0.15, -0.1) is 0 Å². The van der Waals surface area contributed by atoms with E-state index in [-0.39, 0.29) is 5.75 Å². The molecule has 0 aromatic rings. The van der Waals surface area contributed by atoms with E-state index in [4.69, 9.17) is 10.7 Å². The summed E-state index contributed by atoms with van der Waals surface area (Å²) in [7, 11) is 3.88. The van der Waals surface area contributed by atoms with Crippen molar-refractivity contribution >= 4 is 29.1 Å². The average molecular weight is 204 g/mol. The Hall–Kier alpha value is 0.630. The summed E-state index contributed by atoms with van der Waals surface area (Å²) in [5, 5.41) is 2.75. The maximum atomic E-state index is 10.5. The zero-order valence-corrected chi connectivity index (χ0v) is 8.61. The van der Waals surface area contributed by atoms with Gasteiger partial charge < -0.3 is 0 Å². The van der Waals surface area contributed by atoms with E-state index in [1.54, 1.807) is 13.8 Å². The third-order valence-corrected chi connectivity index (χ3v) is 3.10. The third kappa shape index (κ3) is 5.42. The molecular formula is C4H11ClNO2PS. The first-order valence-electron chi connectivity index (χ1n) is 2.67. The number of halogens is 1. The summed E-state index contributed by atoms with van der Waals surface area (Å²) in [4.78, 5) is 0. The second-order valence-corrected chi connectivity index (χ2v) is 5.78. The van der Waals surface area contributed by atoms with Crippen molar-refractivity contribution in [3.8, 4) is 0 Å². The fourth-order valence-electron chi connectivity index (χ4n) is 0.473. The van der Waals surface area contributed by atoms with Crippen LogP contribution < -0.4 is 5.09 Å². The van der Waals surface area contributed by atoms with E-state index in [0.717, 1.165) is 0 Å². The largest absolute Gasteiger partial charge is 0.294 e. The molecule has 0 heterocycles. The number of hydrogen-bond acceptors (Lipinski definition) is 3. The first-order valence-corrected chi connectivity index (χ1v) is 5.72. The van der Waals surface area contributed by atoms with Crippen molar-refractivity contribution in [1.29, 1.82) is 0 Å². The van der Waals surface area contributed by atoms with E-state index >= 15 is 0 Å². The lowest BCUT2D eigenvalue weighted by atomic mass is 10.1. The second-order valence-electron chi connectivity index (χ2n) is 2.71. The highest BCUT2D eigenvalue weighted by Crippen LogP contribution is 2.10. The highest BCUT2D eigenvalue weighted by molar-refractivity contribution is 8.13. The van der Waals surface area contributed by atoms with Crippen LogP contribution in [0.3, 0.4) is 0 Å². The van der Waals surface area contributed by atoms with Crippen LogP contribution in [0.1, 0.15) is 13.8 Å². The Bertz CT molecular complexity index is 201. The fourth-order valence-corrected chi connectivity index (χ4v) is 2.49. The standard InChI is InChI=1S/C4H11ClNO2PS/c1-4(2,6-9)3-10(5,7)8/h6H,3,9H2,1-2H3. The van der Waals surface area contributed by atoms with Gasteiger partial charge in [0.25, 0.3) is 0 Å². The van der Waals surface area contributed by atoms with Crippen LogP contribution in [0.2, 0.25) is 0 Å². The minimum absolute atomic E-state index is 0.0783. The molecule has 1 atom stereocenters.